The monoisotopic (exact) mass is 277 g/mol. The number of benzene rings is 1. The number of hydrogen-bond acceptors (Lipinski definition) is 2. The van der Waals surface area contributed by atoms with E-state index >= 15 is 0 Å². The van der Waals surface area contributed by atoms with Gasteiger partial charge >= 0.3 is 0 Å². The van der Waals surface area contributed by atoms with Crippen molar-refractivity contribution in [1.82, 2.24) is 4.90 Å². The summed E-state index contributed by atoms with van der Waals surface area (Å²) in [6, 6.07) is 3.67. The van der Waals surface area contributed by atoms with Crippen molar-refractivity contribution in [3.63, 3.8) is 0 Å². The van der Waals surface area contributed by atoms with E-state index in [0.717, 1.165) is 12.0 Å². The average molecular weight is 278 g/mol. The van der Waals surface area contributed by atoms with Crippen LogP contribution in [-0.4, -0.2) is 24.2 Å². The zero-order valence-electron chi connectivity index (χ0n) is 9.38. The third-order valence-electron chi connectivity index (χ3n) is 2.02. The molecule has 0 aliphatic carbocycles. The second-order valence-corrected chi connectivity index (χ2v) is 4.67. The summed E-state index contributed by atoms with van der Waals surface area (Å²) in [4.78, 5) is 1.68. The van der Waals surface area contributed by atoms with Gasteiger partial charge in [-0.05, 0) is 36.3 Å². The van der Waals surface area contributed by atoms with E-state index < -0.39 is 0 Å². The quantitative estimate of drug-likeness (QED) is 0.764. The summed E-state index contributed by atoms with van der Waals surface area (Å²) in [6.07, 6.45) is 0.873. The van der Waals surface area contributed by atoms with Crippen molar-refractivity contribution in [2.45, 2.75) is 13.3 Å². The number of rotatable bonds is 2. The van der Waals surface area contributed by atoms with Crippen LogP contribution in [0.3, 0.4) is 0 Å². The van der Waals surface area contributed by atoms with Gasteiger partial charge in [0.05, 0.1) is 10.0 Å². The number of nitrogens with zero attached hydrogens (tertiary/aromatic N) is 1. The molecule has 0 N–H and O–H groups in total. The molecule has 0 aromatic heterocycles. The molecule has 0 aliphatic heterocycles. The Bertz CT molecular complexity index is 384. The lowest BCUT2D eigenvalue weighted by atomic mass is 10.2. The first-order chi connectivity index (χ1) is 7.45. The minimum atomic E-state index is 0.327. The van der Waals surface area contributed by atoms with E-state index in [1.807, 2.05) is 19.1 Å². The number of thiocarbonyl (C=S) groups is 1. The van der Waals surface area contributed by atoms with Crippen LogP contribution in [0.25, 0.3) is 0 Å². The van der Waals surface area contributed by atoms with Crippen LogP contribution in [0, 0.1) is 0 Å². The summed E-state index contributed by atoms with van der Waals surface area (Å²) in [5.74, 6) is 0.416. The maximum Gasteiger partial charge on any atom is 0.264 e. The van der Waals surface area contributed by atoms with Gasteiger partial charge in [-0.1, -0.05) is 30.1 Å². The molecule has 0 saturated heterocycles. The van der Waals surface area contributed by atoms with Gasteiger partial charge in [0.15, 0.2) is 5.75 Å². The summed E-state index contributed by atoms with van der Waals surface area (Å²) < 4.78 is 5.43. The molecule has 0 bridgehead atoms. The Morgan fingerprint density at radius 2 is 1.81 bits per heavy atom. The molecule has 0 unspecified atom stereocenters. The van der Waals surface area contributed by atoms with Crippen LogP contribution < -0.4 is 4.74 Å². The fourth-order valence-electron chi connectivity index (χ4n) is 1.09. The van der Waals surface area contributed by atoms with E-state index in [-0.39, 0.29) is 0 Å². The third-order valence-corrected chi connectivity index (χ3v) is 3.03. The van der Waals surface area contributed by atoms with Crippen molar-refractivity contribution in [1.29, 1.82) is 0 Å². The first kappa shape index (κ1) is 13.6. The Morgan fingerprint density at radius 1 is 1.31 bits per heavy atom. The molecule has 0 fully saturated rings. The number of aryl methyl sites for hydroxylation is 1. The molecule has 2 nitrogen and oxygen atoms in total. The van der Waals surface area contributed by atoms with Crippen LogP contribution in [0.4, 0.5) is 0 Å². The molecule has 0 amide bonds. The number of ether oxygens (including phenoxy) is 1. The van der Waals surface area contributed by atoms with Crippen LogP contribution in [0.2, 0.25) is 10.0 Å². The van der Waals surface area contributed by atoms with Crippen LogP contribution in [0.1, 0.15) is 12.5 Å². The molecule has 1 rings (SSSR count). The summed E-state index contributed by atoms with van der Waals surface area (Å²) in [6.45, 7) is 2.03. The van der Waals surface area contributed by atoms with Crippen molar-refractivity contribution >= 4 is 40.6 Å². The summed E-state index contributed by atoms with van der Waals surface area (Å²) in [5.41, 5.74) is 1.07. The zero-order chi connectivity index (χ0) is 12.3. The van der Waals surface area contributed by atoms with E-state index in [1.165, 1.54) is 0 Å². The predicted octanol–water partition coefficient (Wildman–Crippen LogP) is 3.78. The molecule has 1 aromatic carbocycles. The zero-order valence-corrected chi connectivity index (χ0v) is 11.7. The molecule has 0 saturated carbocycles. The lowest BCUT2D eigenvalue weighted by Crippen LogP contribution is -2.25. The molecule has 5 heteroatoms. The summed E-state index contributed by atoms with van der Waals surface area (Å²) >= 11 is 17.2. The maximum atomic E-state index is 6.07. The Balaban J connectivity index is 3.01. The molecule has 0 radical (unpaired) electrons. The minimum Gasteiger partial charge on any atom is -0.429 e. The molecule has 0 heterocycles. The second-order valence-electron chi connectivity index (χ2n) is 3.50. The standard InChI is InChI=1S/C11H13Cl2NOS/c1-4-7-5-8(12)10(9(13)6-7)15-11(16)14(2)3/h5-6H,4H2,1-3H3. The first-order valence-electron chi connectivity index (χ1n) is 4.82. The highest BCUT2D eigenvalue weighted by Crippen LogP contribution is 2.34. The van der Waals surface area contributed by atoms with Gasteiger partial charge in [-0.2, -0.15) is 0 Å². The number of halogens is 2. The van der Waals surface area contributed by atoms with Crippen LogP contribution >= 0.6 is 35.4 Å². The van der Waals surface area contributed by atoms with Crippen molar-refractivity contribution in [2.24, 2.45) is 0 Å². The molecular weight excluding hydrogens is 265 g/mol. The minimum absolute atomic E-state index is 0.327. The van der Waals surface area contributed by atoms with Crippen molar-refractivity contribution < 1.29 is 4.74 Å². The van der Waals surface area contributed by atoms with E-state index in [1.54, 1.807) is 19.0 Å². The summed E-state index contributed by atoms with van der Waals surface area (Å²) in [7, 11) is 3.59. The SMILES string of the molecule is CCc1cc(Cl)c(OC(=S)N(C)C)c(Cl)c1. The second kappa shape index (κ2) is 5.71. The molecule has 0 spiro atoms. The average Bonchev–Trinajstić information content (AvgIpc) is 2.22. The fraction of sp³-hybridized carbons (Fsp3) is 0.364. The van der Waals surface area contributed by atoms with Gasteiger partial charge in [-0.25, -0.2) is 0 Å². The highest BCUT2D eigenvalue weighted by molar-refractivity contribution is 7.80. The normalized spacial score (nSPS) is 10.1. The van der Waals surface area contributed by atoms with Gasteiger partial charge in [0.2, 0.25) is 0 Å². The highest BCUT2D eigenvalue weighted by atomic mass is 35.5. The first-order valence-corrected chi connectivity index (χ1v) is 5.99. The van der Waals surface area contributed by atoms with Crippen LogP contribution in [0.5, 0.6) is 5.75 Å². The Morgan fingerprint density at radius 3 is 2.19 bits per heavy atom. The fourth-order valence-corrected chi connectivity index (χ4v) is 1.79. The van der Waals surface area contributed by atoms with Gasteiger partial charge in [-0.15, -0.1) is 0 Å². The highest BCUT2D eigenvalue weighted by Gasteiger charge is 2.12. The van der Waals surface area contributed by atoms with E-state index in [4.69, 9.17) is 40.2 Å². The molecule has 16 heavy (non-hydrogen) atoms. The number of hydrogen-bond donors (Lipinski definition) is 0. The Kier molecular flexibility index (Phi) is 4.84. The van der Waals surface area contributed by atoms with Gasteiger partial charge in [0, 0.05) is 14.1 Å². The van der Waals surface area contributed by atoms with Gasteiger partial charge in [-0.3, -0.25) is 0 Å². The van der Waals surface area contributed by atoms with Gasteiger partial charge in [0.1, 0.15) is 0 Å². The van der Waals surface area contributed by atoms with Crippen molar-refractivity contribution in [3.8, 4) is 5.75 Å². The van der Waals surface area contributed by atoms with Gasteiger partial charge in [0.25, 0.3) is 5.17 Å². The maximum absolute atomic E-state index is 6.07. The largest absolute Gasteiger partial charge is 0.429 e. The Labute approximate surface area is 111 Å². The van der Waals surface area contributed by atoms with E-state index in [9.17, 15) is 0 Å². The lowest BCUT2D eigenvalue weighted by molar-refractivity contribution is 0.449. The molecule has 0 aliphatic rings. The predicted molar refractivity (Wildman–Crippen MR) is 72.8 cm³/mol. The van der Waals surface area contributed by atoms with E-state index in [2.05, 4.69) is 0 Å². The molecule has 1 aromatic rings. The van der Waals surface area contributed by atoms with Crippen LogP contribution in [0.15, 0.2) is 12.1 Å². The third kappa shape index (κ3) is 3.24. The van der Waals surface area contributed by atoms with Crippen LogP contribution in [-0.2, 0) is 6.42 Å². The Hall–Kier alpha value is -0.510. The topological polar surface area (TPSA) is 12.5 Å². The summed E-state index contributed by atoms with van der Waals surface area (Å²) in [5, 5.41) is 1.29. The van der Waals surface area contributed by atoms with Gasteiger partial charge < -0.3 is 9.64 Å². The molecule has 0 atom stereocenters. The molecular formula is C11H13Cl2NOS. The van der Waals surface area contributed by atoms with Crippen molar-refractivity contribution in [2.75, 3.05) is 14.1 Å². The van der Waals surface area contributed by atoms with Crippen molar-refractivity contribution in [3.05, 3.63) is 27.7 Å². The van der Waals surface area contributed by atoms with E-state index in [0.29, 0.717) is 21.0 Å². The molecule has 88 valence electrons. The lowest BCUT2D eigenvalue weighted by Gasteiger charge is -2.16. The smallest absolute Gasteiger partial charge is 0.264 e.